The Bertz CT molecular complexity index is 420. The van der Waals surface area contributed by atoms with Gasteiger partial charge in [-0.3, -0.25) is 0 Å². The van der Waals surface area contributed by atoms with Gasteiger partial charge in [0.15, 0.2) is 0 Å². The Morgan fingerprint density at radius 2 is 2.11 bits per heavy atom. The molecule has 1 saturated heterocycles. The fourth-order valence-corrected chi connectivity index (χ4v) is 3.50. The predicted molar refractivity (Wildman–Crippen MR) is 78.5 cm³/mol. The van der Waals surface area contributed by atoms with Gasteiger partial charge in [-0.15, -0.1) is 0 Å². The maximum absolute atomic E-state index is 5.81. The standard InChI is InChI=1S/C15H26N4/c1-2-13-11-19(14-5-3-4-6-14)15(17-13)18-8-7-12(9-16)10-18/h11-12,14H,2-10,16H2,1H3. The first-order valence-electron chi connectivity index (χ1n) is 7.84. The number of hydrogen-bond acceptors (Lipinski definition) is 3. The van der Waals surface area contributed by atoms with Gasteiger partial charge in [-0.05, 0) is 38.1 Å². The van der Waals surface area contributed by atoms with E-state index in [-0.39, 0.29) is 0 Å². The van der Waals surface area contributed by atoms with Crippen molar-refractivity contribution in [2.45, 2.75) is 51.5 Å². The van der Waals surface area contributed by atoms with Crippen molar-refractivity contribution in [3.05, 3.63) is 11.9 Å². The summed E-state index contributed by atoms with van der Waals surface area (Å²) in [5.41, 5.74) is 7.05. The molecule has 19 heavy (non-hydrogen) atoms. The lowest BCUT2D eigenvalue weighted by atomic mass is 10.1. The van der Waals surface area contributed by atoms with Crippen LogP contribution in [0.4, 0.5) is 5.95 Å². The van der Waals surface area contributed by atoms with Crippen LogP contribution in [-0.4, -0.2) is 29.2 Å². The van der Waals surface area contributed by atoms with Gasteiger partial charge in [0.25, 0.3) is 0 Å². The zero-order valence-electron chi connectivity index (χ0n) is 12.0. The topological polar surface area (TPSA) is 47.1 Å². The van der Waals surface area contributed by atoms with Gasteiger partial charge in [-0.1, -0.05) is 19.8 Å². The quantitative estimate of drug-likeness (QED) is 0.906. The Balaban J connectivity index is 1.84. The van der Waals surface area contributed by atoms with Crippen LogP contribution in [0.5, 0.6) is 0 Å². The van der Waals surface area contributed by atoms with Crippen molar-refractivity contribution in [1.82, 2.24) is 9.55 Å². The fourth-order valence-electron chi connectivity index (χ4n) is 3.50. The third-order valence-corrected chi connectivity index (χ3v) is 4.75. The second-order valence-electron chi connectivity index (χ2n) is 6.07. The lowest BCUT2D eigenvalue weighted by molar-refractivity contribution is 0.514. The zero-order chi connectivity index (χ0) is 13.2. The van der Waals surface area contributed by atoms with Gasteiger partial charge in [0, 0.05) is 25.3 Å². The van der Waals surface area contributed by atoms with E-state index in [0.717, 1.165) is 26.1 Å². The summed E-state index contributed by atoms with van der Waals surface area (Å²) in [4.78, 5) is 7.33. The number of aryl methyl sites for hydroxylation is 1. The maximum Gasteiger partial charge on any atom is 0.205 e. The van der Waals surface area contributed by atoms with Crippen molar-refractivity contribution in [2.24, 2.45) is 11.7 Å². The van der Waals surface area contributed by atoms with Crippen LogP contribution in [0.15, 0.2) is 6.20 Å². The molecule has 4 heteroatoms. The predicted octanol–water partition coefficient (Wildman–Crippen LogP) is 2.35. The molecule has 1 aliphatic carbocycles. The fraction of sp³-hybridized carbons (Fsp3) is 0.800. The van der Waals surface area contributed by atoms with Crippen molar-refractivity contribution in [3.8, 4) is 0 Å². The van der Waals surface area contributed by atoms with Crippen molar-refractivity contribution >= 4 is 5.95 Å². The number of nitrogens with two attached hydrogens (primary N) is 1. The summed E-state index contributed by atoms with van der Waals surface area (Å²) in [5.74, 6) is 1.86. The minimum Gasteiger partial charge on any atom is -0.342 e. The molecule has 106 valence electrons. The SMILES string of the molecule is CCc1cn(C2CCCC2)c(N2CCC(CN)C2)n1. The Labute approximate surface area is 116 Å². The summed E-state index contributed by atoms with van der Waals surface area (Å²) < 4.78 is 2.46. The molecule has 2 aliphatic rings. The van der Waals surface area contributed by atoms with Crippen molar-refractivity contribution in [2.75, 3.05) is 24.5 Å². The van der Waals surface area contributed by atoms with E-state index in [0.29, 0.717) is 12.0 Å². The van der Waals surface area contributed by atoms with Crippen LogP contribution in [0.1, 0.15) is 50.8 Å². The lowest BCUT2D eigenvalue weighted by Gasteiger charge is -2.22. The summed E-state index contributed by atoms with van der Waals surface area (Å²) in [6.45, 7) is 5.21. The van der Waals surface area contributed by atoms with E-state index < -0.39 is 0 Å². The van der Waals surface area contributed by atoms with Crippen LogP contribution < -0.4 is 10.6 Å². The molecule has 2 N–H and O–H groups in total. The number of anilines is 1. The van der Waals surface area contributed by atoms with Gasteiger partial charge in [0.2, 0.25) is 5.95 Å². The number of aromatic nitrogens is 2. The minimum absolute atomic E-state index is 0.652. The molecule has 0 spiro atoms. The number of rotatable bonds is 4. The third kappa shape index (κ3) is 2.50. The Hall–Kier alpha value is -1.03. The molecule has 0 bridgehead atoms. The smallest absolute Gasteiger partial charge is 0.205 e. The first-order valence-corrected chi connectivity index (χ1v) is 7.84. The number of imidazole rings is 1. The molecule has 1 aromatic rings. The summed E-state index contributed by atoms with van der Waals surface area (Å²) >= 11 is 0. The molecule has 1 saturated carbocycles. The second kappa shape index (κ2) is 5.53. The van der Waals surface area contributed by atoms with E-state index in [4.69, 9.17) is 10.7 Å². The molecule has 2 fully saturated rings. The van der Waals surface area contributed by atoms with Gasteiger partial charge >= 0.3 is 0 Å². The molecular weight excluding hydrogens is 236 g/mol. The molecule has 1 aromatic heterocycles. The van der Waals surface area contributed by atoms with Crippen molar-refractivity contribution in [1.29, 1.82) is 0 Å². The average molecular weight is 262 g/mol. The first kappa shape index (κ1) is 13.0. The molecule has 0 radical (unpaired) electrons. The molecule has 1 unspecified atom stereocenters. The highest BCUT2D eigenvalue weighted by molar-refractivity contribution is 5.36. The van der Waals surface area contributed by atoms with Gasteiger partial charge in [0.1, 0.15) is 0 Å². The molecule has 0 amide bonds. The van der Waals surface area contributed by atoms with Gasteiger partial charge in [-0.25, -0.2) is 4.98 Å². The molecular formula is C15H26N4. The molecule has 1 atom stereocenters. The van der Waals surface area contributed by atoms with Crippen LogP contribution in [0, 0.1) is 5.92 Å². The summed E-state index contributed by atoms with van der Waals surface area (Å²) in [6, 6.07) is 0.680. The van der Waals surface area contributed by atoms with Gasteiger partial charge < -0.3 is 15.2 Å². The van der Waals surface area contributed by atoms with E-state index in [1.54, 1.807) is 0 Å². The number of hydrogen-bond donors (Lipinski definition) is 1. The van der Waals surface area contributed by atoms with Gasteiger partial charge in [0.05, 0.1) is 5.69 Å². The van der Waals surface area contributed by atoms with Crippen LogP contribution >= 0.6 is 0 Å². The van der Waals surface area contributed by atoms with E-state index in [1.807, 2.05) is 0 Å². The summed E-state index contributed by atoms with van der Waals surface area (Å²) in [6.07, 6.45) is 9.92. The van der Waals surface area contributed by atoms with Crippen LogP contribution in [-0.2, 0) is 6.42 Å². The van der Waals surface area contributed by atoms with Crippen molar-refractivity contribution in [3.63, 3.8) is 0 Å². The van der Waals surface area contributed by atoms with E-state index >= 15 is 0 Å². The first-order chi connectivity index (χ1) is 9.31. The molecule has 1 aliphatic heterocycles. The maximum atomic E-state index is 5.81. The highest BCUT2D eigenvalue weighted by Gasteiger charge is 2.28. The highest BCUT2D eigenvalue weighted by atomic mass is 15.3. The normalized spacial score (nSPS) is 24.5. The Morgan fingerprint density at radius 3 is 2.74 bits per heavy atom. The largest absolute Gasteiger partial charge is 0.342 e. The van der Waals surface area contributed by atoms with E-state index in [2.05, 4.69) is 22.6 Å². The monoisotopic (exact) mass is 262 g/mol. The molecule has 0 aromatic carbocycles. The average Bonchev–Trinajstić information content (AvgIpc) is 3.16. The Kier molecular flexibility index (Phi) is 3.78. The van der Waals surface area contributed by atoms with Gasteiger partial charge in [-0.2, -0.15) is 0 Å². The molecule has 3 rings (SSSR count). The second-order valence-corrected chi connectivity index (χ2v) is 6.07. The molecule has 4 nitrogen and oxygen atoms in total. The molecule has 2 heterocycles. The Morgan fingerprint density at radius 1 is 1.32 bits per heavy atom. The van der Waals surface area contributed by atoms with E-state index in [1.165, 1.54) is 43.7 Å². The zero-order valence-corrected chi connectivity index (χ0v) is 12.0. The van der Waals surface area contributed by atoms with Crippen molar-refractivity contribution < 1.29 is 0 Å². The van der Waals surface area contributed by atoms with Crippen LogP contribution in [0.2, 0.25) is 0 Å². The minimum atomic E-state index is 0.652. The highest BCUT2D eigenvalue weighted by Crippen LogP contribution is 2.34. The van der Waals surface area contributed by atoms with Crippen LogP contribution in [0.25, 0.3) is 0 Å². The summed E-state index contributed by atoms with van der Waals surface area (Å²) in [5, 5.41) is 0. The summed E-state index contributed by atoms with van der Waals surface area (Å²) in [7, 11) is 0. The van der Waals surface area contributed by atoms with Crippen LogP contribution in [0.3, 0.4) is 0 Å². The van der Waals surface area contributed by atoms with E-state index in [9.17, 15) is 0 Å². The lowest BCUT2D eigenvalue weighted by Crippen LogP contribution is -2.26. The third-order valence-electron chi connectivity index (χ3n) is 4.75. The number of nitrogens with zero attached hydrogens (tertiary/aromatic N) is 3.